The van der Waals surface area contributed by atoms with Crippen molar-refractivity contribution in [2.75, 3.05) is 7.11 Å². The van der Waals surface area contributed by atoms with Gasteiger partial charge in [0.1, 0.15) is 5.76 Å². The van der Waals surface area contributed by atoms with Crippen molar-refractivity contribution in [1.29, 1.82) is 0 Å². The highest BCUT2D eigenvalue weighted by Crippen LogP contribution is 2.41. The van der Waals surface area contributed by atoms with Crippen LogP contribution < -0.4 is 4.74 Å². The first-order valence-electron chi connectivity index (χ1n) is 7.34. The van der Waals surface area contributed by atoms with Crippen LogP contribution in [0.2, 0.25) is 5.82 Å². The molecule has 0 fully saturated rings. The van der Waals surface area contributed by atoms with Gasteiger partial charge in [0.05, 0.1) is 18.6 Å². The summed E-state index contributed by atoms with van der Waals surface area (Å²) >= 11 is 0. The lowest BCUT2D eigenvalue weighted by Gasteiger charge is -2.13. The van der Waals surface area contributed by atoms with E-state index >= 15 is 0 Å². The molecule has 3 rings (SSSR count). The normalized spacial score (nSPS) is 17.4. The van der Waals surface area contributed by atoms with Crippen LogP contribution in [0.3, 0.4) is 0 Å². The maximum absolute atomic E-state index is 5.68. The molecule has 0 N–H and O–H groups in total. The van der Waals surface area contributed by atoms with Crippen LogP contribution in [0.5, 0.6) is 5.88 Å². The third kappa shape index (κ3) is 2.28. The highest BCUT2D eigenvalue weighted by Gasteiger charge is 2.28. The van der Waals surface area contributed by atoms with Gasteiger partial charge < -0.3 is 13.9 Å². The highest BCUT2D eigenvalue weighted by molar-refractivity contribution is 6.36. The summed E-state index contributed by atoms with van der Waals surface area (Å²) in [4.78, 5) is 4.47. The lowest BCUT2D eigenvalue weighted by molar-refractivity contribution is 0.393. The summed E-state index contributed by atoms with van der Waals surface area (Å²) in [5.74, 6) is 2.65. The van der Waals surface area contributed by atoms with Crippen molar-refractivity contribution in [3.63, 3.8) is 0 Å². The zero-order chi connectivity index (χ0) is 15.9. The van der Waals surface area contributed by atoms with Crippen LogP contribution in [-0.4, -0.2) is 24.7 Å². The van der Waals surface area contributed by atoms with Gasteiger partial charge in [-0.15, -0.1) is 0 Å². The number of allylic oxidation sites excluding steroid dienone is 2. The SMILES string of the molecule is COc1ncc(-c2c(C)noc2C)cc1C1=C(C)OBC1C. The molecule has 3 heterocycles. The van der Waals surface area contributed by atoms with E-state index in [4.69, 9.17) is 13.9 Å². The summed E-state index contributed by atoms with van der Waals surface area (Å²) in [6.45, 7) is 7.97. The number of rotatable bonds is 3. The smallest absolute Gasteiger partial charge is 0.347 e. The van der Waals surface area contributed by atoms with Gasteiger partial charge in [-0.05, 0) is 32.4 Å². The minimum Gasteiger partial charge on any atom is -0.566 e. The van der Waals surface area contributed by atoms with E-state index in [2.05, 4.69) is 23.1 Å². The van der Waals surface area contributed by atoms with Gasteiger partial charge in [0.25, 0.3) is 0 Å². The minimum absolute atomic E-state index is 0.315. The standard InChI is InChI=1S/C16H19BN2O3/c1-8-14(10(3)21-17-8)13-6-12(7-18-16(13)20-5)15-9(2)19-22-11(15)4/h6-8,17H,1-5H3. The van der Waals surface area contributed by atoms with E-state index in [9.17, 15) is 0 Å². The van der Waals surface area contributed by atoms with Crippen LogP contribution in [-0.2, 0) is 4.65 Å². The zero-order valence-corrected chi connectivity index (χ0v) is 13.6. The lowest BCUT2D eigenvalue weighted by Crippen LogP contribution is -2.00. The molecule has 22 heavy (non-hydrogen) atoms. The van der Waals surface area contributed by atoms with Gasteiger partial charge in [0.2, 0.25) is 5.88 Å². The van der Waals surface area contributed by atoms with E-state index in [0.717, 1.165) is 39.5 Å². The molecule has 2 aromatic heterocycles. The molecule has 6 heteroatoms. The number of aromatic nitrogens is 2. The average Bonchev–Trinajstić information content (AvgIpc) is 3.01. The summed E-state index contributed by atoms with van der Waals surface area (Å²) in [6.07, 6.45) is 1.80. The van der Waals surface area contributed by atoms with Gasteiger partial charge in [-0.25, -0.2) is 4.98 Å². The quantitative estimate of drug-likeness (QED) is 0.814. The lowest BCUT2D eigenvalue weighted by atomic mass is 9.76. The Morgan fingerprint density at radius 3 is 2.59 bits per heavy atom. The van der Waals surface area contributed by atoms with Crippen molar-refractivity contribution in [3.05, 3.63) is 35.0 Å². The number of hydrogen-bond acceptors (Lipinski definition) is 5. The summed E-state index contributed by atoms with van der Waals surface area (Å²) in [5, 5.41) is 4.02. The Hall–Kier alpha value is -2.24. The Kier molecular flexibility index (Phi) is 3.68. The van der Waals surface area contributed by atoms with Gasteiger partial charge in [-0.1, -0.05) is 12.1 Å². The van der Waals surface area contributed by atoms with Crippen LogP contribution in [0.1, 0.15) is 30.9 Å². The Bertz CT molecular complexity index is 732. The Morgan fingerprint density at radius 1 is 1.27 bits per heavy atom. The maximum Gasteiger partial charge on any atom is 0.347 e. The second-order valence-corrected chi connectivity index (χ2v) is 5.66. The number of pyridine rings is 1. The van der Waals surface area contributed by atoms with Crippen LogP contribution in [0.25, 0.3) is 16.7 Å². The van der Waals surface area contributed by atoms with E-state index in [-0.39, 0.29) is 0 Å². The first-order chi connectivity index (χ1) is 10.5. The Balaban J connectivity index is 2.18. The molecule has 0 saturated carbocycles. The molecule has 114 valence electrons. The monoisotopic (exact) mass is 298 g/mol. The largest absolute Gasteiger partial charge is 0.566 e. The molecule has 5 nitrogen and oxygen atoms in total. The third-order valence-electron chi connectivity index (χ3n) is 4.08. The fourth-order valence-electron chi connectivity index (χ4n) is 3.05. The van der Waals surface area contributed by atoms with Crippen molar-refractivity contribution in [3.8, 4) is 17.0 Å². The van der Waals surface area contributed by atoms with E-state index in [1.807, 2.05) is 20.8 Å². The number of ether oxygens (including phenoxy) is 1. The van der Waals surface area contributed by atoms with Crippen molar-refractivity contribution >= 4 is 13.1 Å². The molecule has 2 aromatic rings. The molecule has 0 amide bonds. The van der Waals surface area contributed by atoms with Crippen LogP contribution in [0.15, 0.2) is 22.5 Å². The zero-order valence-electron chi connectivity index (χ0n) is 13.6. The number of nitrogens with zero attached hydrogens (tertiary/aromatic N) is 2. The van der Waals surface area contributed by atoms with E-state index in [0.29, 0.717) is 19.2 Å². The molecule has 1 atom stereocenters. The summed E-state index contributed by atoms with van der Waals surface area (Å²) in [5.41, 5.74) is 4.95. The summed E-state index contributed by atoms with van der Waals surface area (Å²) < 4.78 is 16.4. The molecule has 0 radical (unpaired) electrons. The fourth-order valence-corrected chi connectivity index (χ4v) is 3.05. The molecular formula is C16H19BN2O3. The van der Waals surface area contributed by atoms with Crippen molar-refractivity contribution in [2.24, 2.45) is 0 Å². The minimum atomic E-state index is 0.315. The van der Waals surface area contributed by atoms with Gasteiger partial charge in [-0.3, -0.25) is 0 Å². The van der Waals surface area contributed by atoms with E-state index in [1.165, 1.54) is 0 Å². The number of hydrogen-bond donors (Lipinski definition) is 0. The summed E-state index contributed by atoms with van der Waals surface area (Å²) in [7, 11) is 2.33. The maximum atomic E-state index is 5.68. The van der Waals surface area contributed by atoms with Crippen LogP contribution in [0, 0.1) is 13.8 Å². The van der Waals surface area contributed by atoms with Crippen molar-refractivity contribution in [2.45, 2.75) is 33.5 Å². The predicted octanol–water partition coefficient (Wildman–Crippen LogP) is 3.28. The molecule has 0 aromatic carbocycles. The molecule has 1 aliphatic rings. The highest BCUT2D eigenvalue weighted by atomic mass is 16.5. The molecule has 0 bridgehead atoms. The van der Waals surface area contributed by atoms with Crippen molar-refractivity contribution in [1.82, 2.24) is 10.1 Å². The fraction of sp³-hybridized carbons (Fsp3) is 0.375. The van der Waals surface area contributed by atoms with Gasteiger partial charge in [0, 0.05) is 28.7 Å². The summed E-state index contributed by atoms with van der Waals surface area (Å²) in [6, 6.07) is 2.09. The Labute approximate surface area is 130 Å². The topological polar surface area (TPSA) is 57.4 Å². The third-order valence-corrected chi connectivity index (χ3v) is 4.08. The Morgan fingerprint density at radius 2 is 2.05 bits per heavy atom. The average molecular weight is 298 g/mol. The predicted molar refractivity (Wildman–Crippen MR) is 86.0 cm³/mol. The molecule has 0 spiro atoms. The second-order valence-electron chi connectivity index (χ2n) is 5.66. The first-order valence-corrected chi connectivity index (χ1v) is 7.34. The number of aryl methyl sites for hydroxylation is 2. The molecule has 1 unspecified atom stereocenters. The van der Waals surface area contributed by atoms with Gasteiger partial charge >= 0.3 is 7.48 Å². The number of methoxy groups -OCH3 is 1. The molecule has 0 aliphatic carbocycles. The van der Waals surface area contributed by atoms with Crippen LogP contribution >= 0.6 is 0 Å². The van der Waals surface area contributed by atoms with E-state index in [1.54, 1.807) is 13.3 Å². The first kappa shape index (κ1) is 14.7. The molecule has 1 aliphatic heterocycles. The van der Waals surface area contributed by atoms with Crippen LogP contribution in [0.4, 0.5) is 0 Å². The van der Waals surface area contributed by atoms with Gasteiger partial charge in [-0.2, -0.15) is 0 Å². The second kappa shape index (κ2) is 5.52. The van der Waals surface area contributed by atoms with E-state index < -0.39 is 0 Å². The van der Waals surface area contributed by atoms with Gasteiger partial charge in [0.15, 0.2) is 0 Å². The molecular weight excluding hydrogens is 279 g/mol. The molecule has 0 saturated heterocycles. The van der Waals surface area contributed by atoms with Crippen molar-refractivity contribution < 1.29 is 13.9 Å².